The summed E-state index contributed by atoms with van der Waals surface area (Å²) in [6.07, 6.45) is 2.42. The van der Waals surface area contributed by atoms with Crippen LogP contribution in [0.15, 0.2) is 61.2 Å². The summed E-state index contributed by atoms with van der Waals surface area (Å²) in [5.41, 5.74) is 3.72. The minimum atomic E-state index is -4.54. The zero-order valence-electron chi connectivity index (χ0n) is 23.0. The van der Waals surface area contributed by atoms with Gasteiger partial charge < -0.3 is 20.0 Å². The van der Waals surface area contributed by atoms with Crippen LogP contribution in [-0.2, 0) is 6.18 Å². The fourth-order valence-corrected chi connectivity index (χ4v) is 5.75. The molecular weight excluding hydrogens is 531 g/mol. The van der Waals surface area contributed by atoms with Crippen LogP contribution in [0.4, 0.5) is 30.4 Å². The number of alkyl halides is 3. The van der Waals surface area contributed by atoms with E-state index in [1.807, 2.05) is 25.3 Å². The van der Waals surface area contributed by atoms with Crippen LogP contribution in [0, 0.1) is 6.92 Å². The van der Waals surface area contributed by atoms with E-state index < -0.39 is 17.6 Å². The SMILES string of the molecule is Cc1ccc(C(=O)Nc2cncc(C(F)(F)F)c2)cc1[C@@H]1CCN(c2cnc3ccc(N4CCN(C)CC4)cn23)C1. The molecule has 4 aromatic rings. The van der Waals surface area contributed by atoms with Crippen LogP contribution < -0.4 is 15.1 Å². The van der Waals surface area contributed by atoms with Gasteiger partial charge in [0.25, 0.3) is 5.91 Å². The molecule has 8 nitrogen and oxygen atoms in total. The van der Waals surface area contributed by atoms with E-state index in [1.54, 1.807) is 6.07 Å². The van der Waals surface area contributed by atoms with E-state index in [-0.39, 0.29) is 11.6 Å². The molecule has 0 bridgehead atoms. The predicted molar refractivity (Wildman–Crippen MR) is 153 cm³/mol. The summed E-state index contributed by atoms with van der Waals surface area (Å²) in [5.74, 6) is 0.770. The van der Waals surface area contributed by atoms with E-state index in [2.05, 4.69) is 59.8 Å². The molecule has 2 saturated heterocycles. The average Bonchev–Trinajstić information content (AvgIpc) is 3.60. The molecule has 0 radical (unpaired) electrons. The van der Waals surface area contributed by atoms with Crippen LogP contribution in [0.25, 0.3) is 5.65 Å². The first kappa shape index (κ1) is 27.1. The molecule has 0 aliphatic carbocycles. The number of hydrogen-bond donors (Lipinski definition) is 1. The first-order valence-electron chi connectivity index (χ1n) is 13.8. The van der Waals surface area contributed by atoms with Gasteiger partial charge >= 0.3 is 6.18 Å². The molecule has 2 aliphatic heterocycles. The van der Waals surface area contributed by atoms with E-state index in [1.165, 1.54) is 11.9 Å². The number of aryl methyl sites for hydroxylation is 1. The maximum atomic E-state index is 13.1. The maximum Gasteiger partial charge on any atom is 0.417 e. The number of aromatic nitrogens is 3. The highest BCUT2D eigenvalue weighted by Gasteiger charge is 2.31. The number of amides is 1. The molecule has 3 aromatic heterocycles. The number of carbonyl (C=O) groups excluding carboxylic acids is 1. The second-order valence-corrected chi connectivity index (χ2v) is 10.9. The number of piperazine rings is 1. The van der Waals surface area contributed by atoms with Crippen molar-refractivity contribution in [1.29, 1.82) is 0 Å². The third kappa shape index (κ3) is 5.58. The first-order valence-corrected chi connectivity index (χ1v) is 13.8. The second-order valence-electron chi connectivity index (χ2n) is 10.9. The first-order chi connectivity index (χ1) is 19.7. The third-order valence-electron chi connectivity index (χ3n) is 8.16. The van der Waals surface area contributed by atoms with Gasteiger partial charge in [0.15, 0.2) is 0 Å². The Labute approximate surface area is 236 Å². The molecular formula is C30H32F3N7O. The summed E-state index contributed by atoms with van der Waals surface area (Å²) in [6.45, 7) is 7.70. The number of anilines is 3. The Balaban J connectivity index is 1.19. The minimum Gasteiger partial charge on any atom is -0.368 e. The fraction of sp³-hybridized carbons (Fsp3) is 0.367. The number of benzene rings is 1. The van der Waals surface area contributed by atoms with E-state index in [0.29, 0.717) is 5.56 Å². The van der Waals surface area contributed by atoms with Gasteiger partial charge in [-0.3, -0.25) is 14.2 Å². The Hall–Kier alpha value is -4.12. The third-order valence-corrected chi connectivity index (χ3v) is 8.16. The lowest BCUT2D eigenvalue weighted by Gasteiger charge is -2.34. The summed E-state index contributed by atoms with van der Waals surface area (Å²) in [4.78, 5) is 28.3. The number of pyridine rings is 2. The van der Waals surface area contributed by atoms with Crippen molar-refractivity contribution in [3.63, 3.8) is 0 Å². The molecule has 1 amide bonds. The number of nitrogens with zero attached hydrogens (tertiary/aromatic N) is 6. The Morgan fingerprint density at radius 1 is 0.976 bits per heavy atom. The largest absolute Gasteiger partial charge is 0.417 e. The van der Waals surface area contributed by atoms with Gasteiger partial charge in [0, 0.05) is 63.1 Å². The molecule has 2 fully saturated rings. The number of imidazole rings is 1. The van der Waals surface area contributed by atoms with Crippen molar-refractivity contribution in [3.05, 3.63) is 83.4 Å². The molecule has 1 aromatic carbocycles. The van der Waals surface area contributed by atoms with Gasteiger partial charge in [-0.15, -0.1) is 0 Å². The van der Waals surface area contributed by atoms with Gasteiger partial charge in [-0.05, 0) is 61.9 Å². The van der Waals surface area contributed by atoms with E-state index >= 15 is 0 Å². The zero-order valence-corrected chi connectivity index (χ0v) is 23.0. The molecule has 11 heteroatoms. The predicted octanol–water partition coefficient (Wildman–Crippen LogP) is 5.05. The van der Waals surface area contributed by atoms with Crippen molar-refractivity contribution >= 4 is 28.7 Å². The normalized spacial score (nSPS) is 18.3. The fourth-order valence-electron chi connectivity index (χ4n) is 5.75. The Morgan fingerprint density at radius 3 is 2.56 bits per heavy atom. The Bertz CT molecular complexity index is 1580. The van der Waals surface area contributed by atoms with Crippen molar-refractivity contribution in [2.45, 2.75) is 25.4 Å². The molecule has 2 aliphatic rings. The number of hydrogen-bond acceptors (Lipinski definition) is 6. The number of carbonyl (C=O) groups is 1. The number of nitrogens with one attached hydrogen (secondary N) is 1. The number of likely N-dealkylation sites (N-methyl/N-ethyl adjacent to an activating group) is 1. The number of halogens is 3. The molecule has 6 rings (SSSR count). The van der Waals surface area contributed by atoms with Crippen molar-refractivity contribution in [2.24, 2.45) is 0 Å². The molecule has 0 spiro atoms. The van der Waals surface area contributed by atoms with Crippen LogP contribution in [0.5, 0.6) is 0 Å². The molecule has 214 valence electrons. The summed E-state index contributed by atoms with van der Waals surface area (Å²) < 4.78 is 41.4. The number of rotatable bonds is 5. The monoisotopic (exact) mass is 563 g/mol. The van der Waals surface area contributed by atoms with Gasteiger partial charge in [-0.2, -0.15) is 13.2 Å². The summed E-state index contributed by atoms with van der Waals surface area (Å²) >= 11 is 0. The van der Waals surface area contributed by atoms with Crippen LogP contribution >= 0.6 is 0 Å². The van der Waals surface area contributed by atoms with E-state index in [0.717, 1.165) is 80.5 Å². The van der Waals surface area contributed by atoms with Crippen LogP contribution in [0.1, 0.15) is 39.4 Å². The van der Waals surface area contributed by atoms with Gasteiger partial charge in [0.2, 0.25) is 0 Å². The smallest absolute Gasteiger partial charge is 0.368 e. The summed E-state index contributed by atoms with van der Waals surface area (Å²) in [6, 6.07) is 10.6. The molecule has 1 N–H and O–H groups in total. The van der Waals surface area contributed by atoms with Crippen molar-refractivity contribution in [1.82, 2.24) is 19.3 Å². The lowest BCUT2D eigenvalue weighted by atomic mass is 9.92. The quantitative estimate of drug-likeness (QED) is 0.367. The Kier molecular flexibility index (Phi) is 7.06. The highest BCUT2D eigenvalue weighted by atomic mass is 19.4. The average molecular weight is 564 g/mol. The van der Waals surface area contributed by atoms with Crippen LogP contribution in [0.3, 0.4) is 0 Å². The molecule has 1 atom stereocenters. The molecule has 0 unspecified atom stereocenters. The lowest BCUT2D eigenvalue weighted by molar-refractivity contribution is -0.137. The summed E-state index contributed by atoms with van der Waals surface area (Å²) in [7, 11) is 2.15. The summed E-state index contributed by atoms with van der Waals surface area (Å²) in [5, 5.41) is 2.56. The van der Waals surface area contributed by atoms with Crippen LogP contribution in [0.2, 0.25) is 0 Å². The molecule has 0 saturated carbocycles. The number of fused-ring (bicyclic) bond motifs is 1. The second kappa shape index (κ2) is 10.7. The zero-order chi connectivity index (χ0) is 28.7. The van der Waals surface area contributed by atoms with E-state index in [4.69, 9.17) is 0 Å². The highest BCUT2D eigenvalue weighted by Crippen LogP contribution is 2.34. The van der Waals surface area contributed by atoms with Gasteiger partial charge in [0.1, 0.15) is 11.5 Å². The van der Waals surface area contributed by atoms with Crippen molar-refractivity contribution in [2.75, 3.05) is 61.4 Å². The highest BCUT2D eigenvalue weighted by molar-refractivity contribution is 6.04. The maximum absolute atomic E-state index is 13.1. The van der Waals surface area contributed by atoms with Crippen molar-refractivity contribution < 1.29 is 18.0 Å². The van der Waals surface area contributed by atoms with Gasteiger partial charge in [-0.25, -0.2) is 4.98 Å². The topological polar surface area (TPSA) is 69.0 Å². The van der Waals surface area contributed by atoms with Crippen LogP contribution in [-0.4, -0.2) is 71.5 Å². The molecule has 41 heavy (non-hydrogen) atoms. The van der Waals surface area contributed by atoms with Gasteiger partial charge in [0.05, 0.1) is 29.3 Å². The molecule has 5 heterocycles. The van der Waals surface area contributed by atoms with E-state index in [9.17, 15) is 18.0 Å². The van der Waals surface area contributed by atoms with Gasteiger partial charge in [-0.1, -0.05) is 6.07 Å². The lowest BCUT2D eigenvalue weighted by Crippen LogP contribution is -2.44. The Morgan fingerprint density at radius 2 is 1.78 bits per heavy atom. The van der Waals surface area contributed by atoms with Crippen molar-refractivity contribution in [3.8, 4) is 0 Å². The minimum absolute atomic E-state index is 0.00236. The standard InChI is InChI=1S/C30H32F3N7O/c1-20-3-4-21(29(41)36-24-14-23(15-34-16-24)30(31,32)33)13-26(20)22-7-8-39(18-22)28-17-35-27-6-5-25(19-40(27)28)38-11-9-37(2)10-12-38/h3-6,13-17,19,22H,7-12,18H2,1-2H3,(H,36,41)/t22-/m1/s1.